The summed E-state index contributed by atoms with van der Waals surface area (Å²) in [5, 5.41) is 11.4. The van der Waals surface area contributed by atoms with Crippen molar-refractivity contribution in [1.29, 1.82) is 0 Å². The van der Waals surface area contributed by atoms with Crippen LogP contribution in [0.25, 0.3) is 0 Å². The minimum atomic E-state index is -0.879. The minimum Gasteiger partial charge on any atom is -0.481 e. The lowest BCUT2D eigenvalue weighted by atomic mass is 10.0. The van der Waals surface area contributed by atoms with E-state index in [-0.39, 0.29) is 30.7 Å². The number of hydrogen-bond donors (Lipinski definition) is 2. The average Bonchev–Trinajstić information content (AvgIpc) is 2.28. The number of nitrogens with one attached hydrogen (secondary N) is 1. The number of rotatable bonds is 6. The van der Waals surface area contributed by atoms with Crippen molar-refractivity contribution < 1.29 is 14.7 Å². The lowest BCUT2D eigenvalue weighted by molar-refractivity contribution is -0.138. The van der Waals surface area contributed by atoms with Gasteiger partial charge >= 0.3 is 5.97 Å². The van der Waals surface area contributed by atoms with Crippen molar-refractivity contribution in [3.8, 4) is 0 Å². The Bertz CT molecular complexity index is 406. The van der Waals surface area contributed by atoms with E-state index in [4.69, 9.17) is 5.11 Å². The number of pyridine rings is 1. The van der Waals surface area contributed by atoms with Gasteiger partial charge in [0.05, 0.1) is 6.04 Å². The van der Waals surface area contributed by atoms with E-state index >= 15 is 0 Å². The highest BCUT2D eigenvalue weighted by atomic mass is 16.4. The van der Waals surface area contributed by atoms with Gasteiger partial charge in [0.2, 0.25) is 5.91 Å². The van der Waals surface area contributed by atoms with E-state index in [1.54, 1.807) is 19.3 Å². The fraction of sp³-hybridized carbons (Fsp3) is 0.462. The zero-order valence-electron chi connectivity index (χ0n) is 10.6. The molecule has 2 atom stereocenters. The summed E-state index contributed by atoms with van der Waals surface area (Å²) in [6.07, 6.45) is 3.60. The molecule has 1 aromatic rings. The maximum Gasteiger partial charge on any atom is 0.303 e. The van der Waals surface area contributed by atoms with Crippen LogP contribution in [-0.4, -0.2) is 22.0 Å². The minimum absolute atomic E-state index is 0.00862. The van der Waals surface area contributed by atoms with Gasteiger partial charge in [0.1, 0.15) is 0 Å². The quantitative estimate of drug-likeness (QED) is 0.806. The topological polar surface area (TPSA) is 79.3 Å². The van der Waals surface area contributed by atoms with Gasteiger partial charge in [0.15, 0.2) is 0 Å². The second-order valence-corrected chi connectivity index (χ2v) is 4.48. The van der Waals surface area contributed by atoms with Crippen molar-refractivity contribution in [2.45, 2.75) is 32.7 Å². The molecular formula is C13H18N2O3. The number of carbonyl (C=O) groups is 2. The van der Waals surface area contributed by atoms with Crippen molar-refractivity contribution in [2.24, 2.45) is 5.92 Å². The molecule has 1 rings (SSSR count). The lowest BCUT2D eigenvalue weighted by Gasteiger charge is -2.15. The van der Waals surface area contributed by atoms with Crippen LogP contribution < -0.4 is 5.32 Å². The molecule has 5 nitrogen and oxygen atoms in total. The normalized spacial score (nSPS) is 13.7. The van der Waals surface area contributed by atoms with E-state index in [1.807, 2.05) is 19.1 Å². The first-order valence-electron chi connectivity index (χ1n) is 5.90. The molecule has 0 spiro atoms. The first-order valence-corrected chi connectivity index (χ1v) is 5.90. The zero-order valence-corrected chi connectivity index (χ0v) is 10.6. The first-order chi connectivity index (χ1) is 8.49. The Morgan fingerprint density at radius 3 is 2.67 bits per heavy atom. The molecule has 0 saturated carbocycles. The van der Waals surface area contributed by atoms with Crippen molar-refractivity contribution in [2.75, 3.05) is 0 Å². The van der Waals surface area contributed by atoms with Crippen LogP contribution in [0.2, 0.25) is 0 Å². The number of aliphatic carboxylic acids is 1. The second kappa shape index (κ2) is 6.74. The average molecular weight is 250 g/mol. The molecule has 0 bridgehead atoms. The molecule has 2 unspecified atom stereocenters. The summed E-state index contributed by atoms with van der Waals surface area (Å²) >= 11 is 0. The zero-order chi connectivity index (χ0) is 13.5. The predicted octanol–water partition coefficient (Wildman–Crippen LogP) is 1.76. The lowest BCUT2D eigenvalue weighted by Crippen LogP contribution is -2.28. The maximum absolute atomic E-state index is 11.7. The Balaban J connectivity index is 2.43. The first kappa shape index (κ1) is 14.2. The summed E-state index contributed by atoms with van der Waals surface area (Å²) in [6, 6.07) is 3.58. The highest BCUT2D eigenvalue weighted by Crippen LogP contribution is 2.12. The second-order valence-electron chi connectivity index (χ2n) is 4.48. The van der Waals surface area contributed by atoms with E-state index in [0.717, 1.165) is 5.56 Å². The summed E-state index contributed by atoms with van der Waals surface area (Å²) in [5.41, 5.74) is 0.928. The Hall–Kier alpha value is -1.91. The van der Waals surface area contributed by atoms with Crippen molar-refractivity contribution in [3.05, 3.63) is 30.1 Å². The van der Waals surface area contributed by atoms with Gasteiger partial charge < -0.3 is 10.4 Å². The number of carboxylic acids is 1. The van der Waals surface area contributed by atoms with Crippen LogP contribution in [0.15, 0.2) is 24.5 Å². The van der Waals surface area contributed by atoms with Gasteiger partial charge in [-0.1, -0.05) is 13.0 Å². The molecule has 0 aromatic carbocycles. The Morgan fingerprint density at radius 1 is 1.39 bits per heavy atom. The molecule has 98 valence electrons. The number of amides is 1. The number of carboxylic acid groups (broad SMARTS) is 1. The predicted molar refractivity (Wildman–Crippen MR) is 66.8 cm³/mol. The van der Waals surface area contributed by atoms with E-state index in [1.165, 1.54) is 0 Å². The van der Waals surface area contributed by atoms with Crippen LogP contribution in [0.4, 0.5) is 0 Å². The Morgan fingerprint density at radius 2 is 2.11 bits per heavy atom. The van der Waals surface area contributed by atoms with Gasteiger partial charge in [-0.2, -0.15) is 0 Å². The van der Waals surface area contributed by atoms with Crippen LogP contribution >= 0.6 is 0 Å². The molecule has 0 aliphatic heterocycles. The van der Waals surface area contributed by atoms with Crippen LogP contribution in [0.3, 0.4) is 0 Å². The van der Waals surface area contributed by atoms with Gasteiger partial charge in [-0.25, -0.2) is 0 Å². The molecule has 0 aliphatic rings. The van der Waals surface area contributed by atoms with E-state index < -0.39 is 5.97 Å². The molecule has 18 heavy (non-hydrogen) atoms. The van der Waals surface area contributed by atoms with Crippen LogP contribution in [0, 0.1) is 5.92 Å². The highest BCUT2D eigenvalue weighted by molar-refractivity contribution is 5.77. The standard InChI is InChI=1S/C13H18N2O3/c1-9(7-13(17)18)6-12(16)15-10(2)11-4-3-5-14-8-11/h3-5,8-10H,6-7H2,1-2H3,(H,15,16)(H,17,18). The van der Waals surface area contributed by atoms with Crippen molar-refractivity contribution in [3.63, 3.8) is 0 Å². The van der Waals surface area contributed by atoms with Crippen molar-refractivity contribution in [1.82, 2.24) is 10.3 Å². The summed E-state index contributed by atoms with van der Waals surface area (Å²) < 4.78 is 0. The highest BCUT2D eigenvalue weighted by Gasteiger charge is 2.15. The van der Waals surface area contributed by atoms with Crippen LogP contribution in [0.1, 0.15) is 38.3 Å². The molecular weight excluding hydrogens is 232 g/mol. The maximum atomic E-state index is 11.7. The number of hydrogen-bond acceptors (Lipinski definition) is 3. The van der Waals surface area contributed by atoms with Crippen molar-refractivity contribution >= 4 is 11.9 Å². The van der Waals surface area contributed by atoms with Gasteiger partial charge in [0.25, 0.3) is 0 Å². The van der Waals surface area contributed by atoms with E-state index in [0.29, 0.717) is 0 Å². The van der Waals surface area contributed by atoms with Gasteiger partial charge in [-0.05, 0) is 24.5 Å². The van der Waals surface area contributed by atoms with E-state index in [9.17, 15) is 9.59 Å². The molecule has 5 heteroatoms. The summed E-state index contributed by atoms with van der Waals surface area (Å²) in [6.45, 7) is 3.62. The monoisotopic (exact) mass is 250 g/mol. The van der Waals surface area contributed by atoms with E-state index in [2.05, 4.69) is 10.3 Å². The Labute approximate surface area is 106 Å². The van der Waals surface area contributed by atoms with Crippen LogP contribution in [-0.2, 0) is 9.59 Å². The molecule has 0 saturated heterocycles. The van der Waals surface area contributed by atoms with Gasteiger partial charge in [-0.15, -0.1) is 0 Å². The largest absolute Gasteiger partial charge is 0.481 e. The molecule has 1 amide bonds. The number of carbonyl (C=O) groups excluding carboxylic acids is 1. The number of aromatic nitrogens is 1. The molecule has 0 radical (unpaired) electrons. The SMILES string of the molecule is CC(CC(=O)O)CC(=O)NC(C)c1cccnc1. The Kier molecular flexibility index (Phi) is 5.30. The summed E-state index contributed by atoms with van der Waals surface area (Å²) in [7, 11) is 0. The molecule has 1 aromatic heterocycles. The third-order valence-corrected chi connectivity index (χ3v) is 2.62. The third-order valence-electron chi connectivity index (χ3n) is 2.62. The molecule has 0 aliphatic carbocycles. The smallest absolute Gasteiger partial charge is 0.303 e. The molecule has 2 N–H and O–H groups in total. The molecule has 1 heterocycles. The summed E-state index contributed by atoms with van der Waals surface area (Å²) in [5.74, 6) is -1.18. The fourth-order valence-corrected chi connectivity index (χ4v) is 1.70. The van der Waals surface area contributed by atoms with Crippen LogP contribution in [0.5, 0.6) is 0 Å². The molecule has 0 fully saturated rings. The fourth-order valence-electron chi connectivity index (χ4n) is 1.70. The number of nitrogens with zero attached hydrogens (tertiary/aromatic N) is 1. The third kappa shape index (κ3) is 4.95. The summed E-state index contributed by atoms with van der Waals surface area (Å²) in [4.78, 5) is 26.2. The van der Waals surface area contributed by atoms with Gasteiger partial charge in [0, 0.05) is 25.2 Å². The van der Waals surface area contributed by atoms with Gasteiger partial charge in [-0.3, -0.25) is 14.6 Å².